The smallest absolute Gasteiger partial charge is 0.224 e. The van der Waals surface area contributed by atoms with Crippen molar-refractivity contribution in [2.45, 2.75) is 19.8 Å². The lowest BCUT2D eigenvalue weighted by molar-refractivity contribution is -0.126. The van der Waals surface area contributed by atoms with Gasteiger partial charge in [0.15, 0.2) is 0 Å². The summed E-state index contributed by atoms with van der Waals surface area (Å²) in [5.41, 5.74) is 1.04. The quantitative estimate of drug-likeness (QED) is 0.732. The number of ether oxygens (including phenoxy) is 1. The van der Waals surface area contributed by atoms with Gasteiger partial charge < -0.3 is 15.0 Å². The van der Waals surface area contributed by atoms with Gasteiger partial charge in [0, 0.05) is 38.9 Å². The zero-order valence-electron chi connectivity index (χ0n) is 15.8. The van der Waals surface area contributed by atoms with Crippen molar-refractivity contribution in [2.24, 2.45) is 5.92 Å². The Hall–Kier alpha value is -1.80. The number of anilines is 1. The highest BCUT2D eigenvalue weighted by molar-refractivity contribution is 7.89. The highest BCUT2D eigenvalue weighted by atomic mass is 32.2. The number of hydrogen-bond acceptors (Lipinski definition) is 5. The van der Waals surface area contributed by atoms with E-state index >= 15 is 0 Å². The Balaban J connectivity index is 1.80. The van der Waals surface area contributed by atoms with Gasteiger partial charge in [-0.1, -0.05) is 0 Å². The number of carbonyl (C=O) groups excluding carboxylic acids is 1. The molecule has 0 saturated carbocycles. The predicted molar refractivity (Wildman–Crippen MR) is 103 cm³/mol. The molecule has 0 radical (unpaired) electrons. The third kappa shape index (κ3) is 5.35. The first-order chi connectivity index (χ1) is 12.4. The van der Waals surface area contributed by atoms with Crippen molar-refractivity contribution in [3.63, 3.8) is 0 Å². The normalized spacial score (nSPS) is 18.3. The maximum absolute atomic E-state index is 12.4. The van der Waals surface area contributed by atoms with Crippen molar-refractivity contribution in [1.29, 1.82) is 0 Å². The van der Waals surface area contributed by atoms with Gasteiger partial charge in [0.2, 0.25) is 15.9 Å². The number of rotatable bonds is 8. The zero-order valence-corrected chi connectivity index (χ0v) is 16.6. The molecule has 0 bridgehead atoms. The van der Waals surface area contributed by atoms with Crippen LogP contribution in [-0.4, -0.2) is 64.7 Å². The highest BCUT2D eigenvalue weighted by Crippen LogP contribution is 2.20. The maximum atomic E-state index is 12.4. The van der Waals surface area contributed by atoms with Gasteiger partial charge in [-0.3, -0.25) is 4.79 Å². The standard InChI is InChI=1S/C18H29N3O4S/c1-4-26(23,24)21-12-5-6-15(14-21)18(22)19-11-13-20(2)16-7-9-17(25-3)10-8-16/h7-10,15H,4-6,11-14H2,1-3H3,(H,19,22). The number of piperidine rings is 1. The monoisotopic (exact) mass is 383 g/mol. The molecule has 1 atom stereocenters. The molecule has 26 heavy (non-hydrogen) atoms. The summed E-state index contributed by atoms with van der Waals surface area (Å²) < 4.78 is 30.6. The Morgan fingerprint density at radius 3 is 2.65 bits per heavy atom. The number of sulfonamides is 1. The van der Waals surface area contributed by atoms with Gasteiger partial charge >= 0.3 is 0 Å². The predicted octanol–water partition coefficient (Wildman–Crippen LogP) is 1.31. The van der Waals surface area contributed by atoms with Gasteiger partial charge in [0.05, 0.1) is 18.8 Å². The topological polar surface area (TPSA) is 79.0 Å². The molecule has 1 aromatic rings. The Bertz CT molecular complexity index is 691. The van der Waals surface area contributed by atoms with Crippen molar-refractivity contribution < 1.29 is 17.9 Å². The molecule has 1 aliphatic rings. The summed E-state index contributed by atoms with van der Waals surface area (Å²) in [5, 5.41) is 2.94. The molecule has 0 aliphatic carbocycles. The summed E-state index contributed by atoms with van der Waals surface area (Å²) in [7, 11) is 0.365. The molecule has 2 rings (SSSR count). The Labute approximate surface area is 156 Å². The van der Waals surface area contributed by atoms with E-state index in [1.165, 1.54) is 4.31 Å². The van der Waals surface area contributed by atoms with Gasteiger partial charge in [-0.25, -0.2) is 12.7 Å². The van der Waals surface area contributed by atoms with Gasteiger partial charge in [0.1, 0.15) is 5.75 Å². The molecule has 0 spiro atoms. The molecule has 8 heteroatoms. The largest absolute Gasteiger partial charge is 0.497 e. The summed E-state index contributed by atoms with van der Waals surface area (Å²) in [6, 6.07) is 7.73. The minimum atomic E-state index is -3.23. The van der Waals surface area contributed by atoms with Crippen molar-refractivity contribution in [2.75, 3.05) is 51.0 Å². The van der Waals surface area contributed by atoms with E-state index in [4.69, 9.17) is 4.74 Å². The Kier molecular flexibility index (Phi) is 7.28. The van der Waals surface area contributed by atoms with Gasteiger partial charge in [-0.2, -0.15) is 0 Å². The lowest BCUT2D eigenvalue weighted by atomic mass is 9.99. The van der Waals surface area contributed by atoms with Crippen molar-refractivity contribution >= 4 is 21.6 Å². The molecule has 1 aliphatic heterocycles. The Morgan fingerprint density at radius 2 is 2.04 bits per heavy atom. The van der Waals surface area contributed by atoms with E-state index in [-0.39, 0.29) is 24.1 Å². The van der Waals surface area contributed by atoms with Gasteiger partial charge in [-0.15, -0.1) is 0 Å². The molecule has 1 heterocycles. The molecule has 7 nitrogen and oxygen atoms in total. The van der Waals surface area contributed by atoms with Gasteiger partial charge in [0.25, 0.3) is 0 Å². The highest BCUT2D eigenvalue weighted by Gasteiger charge is 2.31. The molecule has 0 aromatic heterocycles. The molecule has 1 amide bonds. The van der Waals surface area contributed by atoms with Crippen LogP contribution in [0.3, 0.4) is 0 Å². The number of amides is 1. The zero-order chi connectivity index (χ0) is 19.2. The second-order valence-electron chi connectivity index (χ2n) is 6.51. The molecular weight excluding hydrogens is 354 g/mol. The number of carbonyl (C=O) groups is 1. The third-order valence-electron chi connectivity index (χ3n) is 4.77. The third-order valence-corrected chi connectivity index (χ3v) is 6.62. The minimum Gasteiger partial charge on any atom is -0.497 e. The number of benzene rings is 1. The SMILES string of the molecule is CCS(=O)(=O)N1CCCC(C(=O)NCCN(C)c2ccc(OC)cc2)C1. The first kappa shape index (κ1) is 20.5. The molecule has 1 saturated heterocycles. The van der Waals surface area contributed by atoms with Crippen molar-refractivity contribution in [1.82, 2.24) is 9.62 Å². The van der Waals surface area contributed by atoms with E-state index in [0.29, 0.717) is 19.6 Å². The number of methoxy groups -OCH3 is 1. The maximum Gasteiger partial charge on any atom is 0.224 e. The van der Waals surface area contributed by atoms with Crippen LogP contribution in [0.5, 0.6) is 5.75 Å². The fraction of sp³-hybridized carbons (Fsp3) is 0.611. The minimum absolute atomic E-state index is 0.0656. The van der Waals surface area contributed by atoms with Crippen LogP contribution in [-0.2, 0) is 14.8 Å². The number of nitrogens with one attached hydrogen (secondary N) is 1. The number of hydrogen-bond donors (Lipinski definition) is 1. The molecule has 1 N–H and O–H groups in total. The van der Waals surface area contributed by atoms with E-state index in [0.717, 1.165) is 24.3 Å². The van der Waals surface area contributed by atoms with E-state index in [1.54, 1.807) is 14.0 Å². The average molecular weight is 384 g/mol. The van der Waals surface area contributed by atoms with Crippen LogP contribution in [0.25, 0.3) is 0 Å². The summed E-state index contributed by atoms with van der Waals surface area (Å²) in [5.74, 6) is 0.549. The van der Waals surface area contributed by atoms with Crippen LogP contribution in [0.2, 0.25) is 0 Å². The van der Waals surface area contributed by atoms with E-state index < -0.39 is 10.0 Å². The van der Waals surface area contributed by atoms with Crippen LogP contribution in [0.4, 0.5) is 5.69 Å². The molecule has 1 fully saturated rings. The summed E-state index contributed by atoms with van der Waals surface area (Å²) in [6.07, 6.45) is 1.46. The van der Waals surface area contributed by atoms with Crippen LogP contribution >= 0.6 is 0 Å². The van der Waals surface area contributed by atoms with Gasteiger partial charge in [-0.05, 0) is 44.0 Å². The van der Waals surface area contributed by atoms with E-state index in [9.17, 15) is 13.2 Å². The van der Waals surface area contributed by atoms with Crippen LogP contribution < -0.4 is 15.0 Å². The summed E-state index contributed by atoms with van der Waals surface area (Å²) in [6.45, 7) is 3.62. The van der Waals surface area contributed by atoms with E-state index in [1.807, 2.05) is 31.3 Å². The van der Waals surface area contributed by atoms with Crippen molar-refractivity contribution in [3.8, 4) is 5.75 Å². The fourth-order valence-electron chi connectivity index (χ4n) is 3.05. The van der Waals surface area contributed by atoms with Crippen LogP contribution in [0, 0.1) is 5.92 Å². The fourth-order valence-corrected chi connectivity index (χ4v) is 4.23. The lowest BCUT2D eigenvalue weighted by Crippen LogP contribution is -2.46. The second-order valence-corrected chi connectivity index (χ2v) is 8.77. The molecular formula is C18H29N3O4S. The lowest BCUT2D eigenvalue weighted by Gasteiger charge is -2.31. The summed E-state index contributed by atoms with van der Waals surface area (Å²) >= 11 is 0. The number of nitrogens with zero attached hydrogens (tertiary/aromatic N) is 2. The van der Waals surface area contributed by atoms with Crippen LogP contribution in [0.15, 0.2) is 24.3 Å². The van der Waals surface area contributed by atoms with Crippen molar-refractivity contribution in [3.05, 3.63) is 24.3 Å². The van der Waals surface area contributed by atoms with Crippen LogP contribution in [0.1, 0.15) is 19.8 Å². The second kappa shape index (κ2) is 9.23. The first-order valence-corrected chi connectivity index (χ1v) is 10.6. The summed E-state index contributed by atoms with van der Waals surface area (Å²) in [4.78, 5) is 14.4. The average Bonchev–Trinajstić information content (AvgIpc) is 2.68. The Morgan fingerprint density at radius 1 is 1.35 bits per heavy atom. The molecule has 1 aromatic carbocycles. The van der Waals surface area contributed by atoms with E-state index in [2.05, 4.69) is 10.2 Å². The number of likely N-dealkylation sites (N-methyl/N-ethyl adjacent to an activating group) is 1. The molecule has 146 valence electrons. The molecule has 1 unspecified atom stereocenters. The first-order valence-electron chi connectivity index (χ1n) is 8.98.